The topological polar surface area (TPSA) is 27.3 Å². The Morgan fingerprint density at radius 3 is 2.53 bits per heavy atom. The number of nitrogens with zero attached hydrogens (tertiary/aromatic N) is 1. The van der Waals surface area contributed by atoms with Gasteiger partial charge in [0.2, 0.25) is 0 Å². The molecule has 4 rings (SSSR count). The maximum atomic E-state index is 3.67. The third-order valence-corrected chi connectivity index (χ3v) is 5.47. The average Bonchev–Trinajstić information content (AvgIpc) is 3.14. The molecule has 2 saturated heterocycles. The molecule has 0 aliphatic carbocycles. The lowest BCUT2D eigenvalue weighted by molar-refractivity contribution is 0.281. The maximum Gasteiger partial charge on any atom is 0.132 e. The highest BCUT2D eigenvalue weighted by atomic mass is 32.2. The normalized spacial score (nSPS) is 34.1. The first-order valence-electron chi connectivity index (χ1n) is 7.02. The molecule has 4 heteroatoms. The van der Waals surface area contributed by atoms with Gasteiger partial charge in [-0.2, -0.15) is 0 Å². The average molecular weight is 273 g/mol. The molecule has 0 spiro atoms. The van der Waals surface area contributed by atoms with Crippen LogP contribution in [0.25, 0.3) is 5.70 Å². The summed E-state index contributed by atoms with van der Waals surface area (Å²) in [5.74, 6) is 1.73. The SMILES string of the molecule is C1=C(c2ccccc2)NC(N2CC3CNCC3C2)S1. The van der Waals surface area contributed by atoms with E-state index in [2.05, 4.69) is 51.3 Å². The highest BCUT2D eigenvalue weighted by molar-refractivity contribution is 8.03. The van der Waals surface area contributed by atoms with Crippen LogP contribution in [0.1, 0.15) is 5.56 Å². The van der Waals surface area contributed by atoms with Gasteiger partial charge in [0.1, 0.15) is 5.50 Å². The van der Waals surface area contributed by atoms with Crippen LogP contribution in [0.3, 0.4) is 0 Å². The Bertz CT molecular complexity index is 475. The van der Waals surface area contributed by atoms with Crippen molar-refractivity contribution >= 4 is 17.5 Å². The van der Waals surface area contributed by atoms with E-state index in [9.17, 15) is 0 Å². The third-order valence-electron chi connectivity index (χ3n) is 4.43. The summed E-state index contributed by atoms with van der Waals surface area (Å²) >= 11 is 1.91. The van der Waals surface area contributed by atoms with E-state index >= 15 is 0 Å². The first-order valence-corrected chi connectivity index (χ1v) is 7.97. The van der Waals surface area contributed by atoms with E-state index in [1.54, 1.807) is 0 Å². The molecule has 19 heavy (non-hydrogen) atoms. The van der Waals surface area contributed by atoms with Gasteiger partial charge in [0.25, 0.3) is 0 Å². The first-order chi connectivity index (χ1) is 9.40. The van der Waals surface area contributed by atoms with Crippen molar-refractivity contribution in [2.45, 2.75) is 5.50 Å². The zero-order valence-corrected chi connectivity index (χ0v) is 11.7. The summed E-state index contributed by atoms with van der Waals surface area (Å²) in [7, 11) is 0. The zero-order chi connectivity index (χ0) is 12.7. The van der Waals surface area contributed by atoms with Crippen molar-refractivity contribution in [2.75, 3.05) is 26.2 Å². The molecule has 3 heterocycles. The monoisotopic (exact) mass is 273 g/mol. The first kappa shape index (κ1) is 11.8. The lowest BCUT2D eigenvalue weighted by Gasteiger charge is -2.25. The third kappa shape index (κ3) is 2.18. The molecule has 2 fully saturated rings. The number of fused-ring (bicyclic) bond motifs is 1. The molecule has 3 nitrogen and oxygen atoms in total. The van der Waals surface area contributed by atoms with Gasteiger partial charge >= 0.3 is 0 Å². The number of nitrogens with one attached hydrogen (secondary N) is 2. The predicted octanol–water partition coefficient (Wildman–Crippen LogP) is 1.76. The van der Waals surface area contributed by atoms with E-state index in [0.717, 1.165) is 11.8 Å². The summed E-state index contributed by atoms with van der Waals surface area (Å²) in [5.41, 5.74) is 2.99. The van der Waals surface area contributed by atoms with E-state index in [-0.39, 0.29) is 0 Å². The number of hydrogen-bond acceptors (Lipinski definition) is 4. The van der Waals surface area contributed by atoms with Gasteiger partial charge in [-0.05, 0) is 35.9 Å². The zero-order valence-electron chi connectivity index (χ0n) is 10.9. The van der Waals surface area contributed by atoms with E-state index in [4.69, 9.17) is 0 Å². The Balaban J connectivity index is 1.42. The molecule has 1 aromatic carbocycles. The van der Waals surface area contributed by atoms with Gasteiger partial charge in [0.05, 0.1) is 0 Å². The smallest absolute Gasteiger partial charge is 0.132 e. The van der Waals surface area contributed by atoms with Crippen LogP contribution in [0.15, 0.2) is 35.7 Å². The fraction of sp³-hybridized carbons (Fsp3) is 0.467. The number of rotatable bonds is 2. The minimum absolute atomic E-state index is 0.431. The number of likely N-dealkylation sites (tertiary alicyclic amines) is 1. The van der Waals surface area contributed by atoms with Gasteiger partial charge in [0.15, 0.2) is 0 Å². The van der Waals surface area contributed by atoms with Crippen LogP contribution in [-0.4, -0.2) is 36.6 Å². The van der Waals surface area contributed by atoms with Crippen molar-refractivity contribution < 1.29 is 0 Å². The van der Waals surface area contributed by atoms with Crippen LogP contribution in [0.5, 0.6) is 0 Å². The predicted molar refractivity (Wildman–Crippen MR) is 80.4 cm³/mol. The molecule has 100 valence electrons. The second kappa shape index (κ2) is 4.85. The molecular formula is C15H19N3S. The molecule has 0 amide bonds. The summed E-state index contributed by atoms with van der Waals surface area (Å²) < 4.78 is 0. The Morgan fingerprint density at radius 1 is 1.05 bits per heavy atom. The maximum absolute atomic E-state index is 3.67. The van der Waals surface area contributed by atoms with Crippen molar-refractivity contribution in [3.63, 3.8) is 0 Å². The Morgan fingerprint density at radius 2 is 1.79 bits per heavy atom. The van der Waals surface area contributed by atoms with Gasteiger partial charge in [-0.15, -0.1) is 0 Å². The summed E-state index contributed by atoms with van der Waals surface area (Å²) in [6, 6.07) is 10.6. The Labute approximate surface area is 118 Å². The highest BCUT2D eigenvalue weighted by Crippen LogP contribution is 2.34. The van der Waals surface area contributed by atoms with E-state index in [0.29, 0.717) is 5.50 Å². The quantitative estimate of drug-likeness (QED) is 0.858. The van der Waals surface area contributed by atoms with Gasteiger partial charge < -0.3 is 10.6 Å². The van der Waals surface area contributed by atoms with Gasteiger partial charge in [0, 0.05) is 18.8 Å². The van der Waals surface area contributed by atoms with Crippen LogP contribution in [0, 0.1) is 11.8 Å². The summed E-state index contributed by atoms with van der Waals surface area (Å²) in [6.07, 6.45) is 0. The van der Waals surface area contributed by atoms with Gasteiger partial charge in [-0.25, -0.2) is 0 Å². The van der Waals surface area contributed by atoms with E-state index < -0.39 is 0 Å². The van der Waals surface area contributed by atoms with E-state index in [1.807, 2.05) is 11.8 Å². The van der Waals surface area contributed by atoms with Gasteiger partial charge in [-0.1, -0.05) is 42.1 Å². The van der Waals surface area contributed by atoms with Crippen LogP contribution in [-0.2, 0) is 0 Å². The lowest BCUT2D eigenvalue weighted by Crippen LogP contribution is -2.40. The number of benzene rings is 1. The summed E-state index contributed by atoms with van der Waals surface area (Å²) in [5, 5.41) is 9.44. The molecule has 2 N–H and O–H groups in total. The van der Waals surface area contributed by atoms with E-state index in [1.165, 1.54) is 37.4 Å². The molecule has 0 radical (unpaired) electrons. The fourth-order valence-corrected chi connectivity index (χ4v) is 4.37. The van der Waals surface area contributed by atoms with Crippen molar-refractivity contribution in [1.29, 1.82) is 0 Å². The molecule has 0 saturated carbocycles. The van der Waals surface area contributed by atoms with Crippen molar-refractivity contribution in [1.82, 2.24) is 15.5 Å². The molecular weight excluding hydrogens is 254 g/mol. The number of thioether (sulfide) groups is 1. The highest BCUT2D eigenvalue weighted by Gasteiger charge is 2.39. The molecule has 3 aliphatic heterocycles. The molecule has 1 aromatic rings. The van der Waals surface area contributed by atoms with Crippen LogP contribution in [0.2, 0.25) is 0 Å². The number of hydrogen-bond donors (Lipinski definition) is 2. The second-order valence-electron chi connectivity index (χ2n) is 5.66. The lowest BCUT2D eigenvalue weighted by atomic mass is 10.0. The van der Waals surface area contributed by atoms with Crippen molar-refractivity contribution in [2.24, 2.45) is 11.8 Å². The summed E-state index contributed by atoms with van der Waals surface area (Å²) in [6.45, 7) is 4.88. The molecule has 3 unspecified atom stereocenters. The van der Waals surface area contributed by atoms with Crippen LogP contribution >= 0.6 is 11.8 Å². The minimum Gasteiger partial charge on any atom is -0.360 e. The Hall–Kier alpha value is -0.970. The van der Waals surface area contributed by atoms with Crippen LogP contribution in [0.4, 0.5) is 0 Å². The minimum atomic E-state index is 0.431. The van der Waals surface area contributed by atoms with Crippen LogP contribution < -0.4 is 10.6 Å². The molecule has 3 aliphatic rings. The largest absolute Gasteiger partial charge is 0.360 e. The summed E-state index contributed by atoms with van der Waals surface area (Å²) in [4.78, 5) is 2.60. The standard InChI is InChI=1S/C15H19N3S/c1-2-4-11(5-3-1)14-10-19-15(17-14)18-8-12-6-16-7-13(12)9-18/h1-5,10,12-13,15-17H,6-9H2. The van der Waals surface area contributed by atoms with Gasteiger partial charge in [-0.3, -0.25) is 4.90 Å². The second-order valence-corrected chi connectivity index (χ2v) is 6.62. The molecule has 0 bridgehead atoms. The molecule has 3 atom stereocenters. The van der Waals surface area contributed by atoms with Crippen molar-refractivity contribution in [3.8, 4) is 0 Å². The Kier molecular flexibility index (Phi) is 3.02. The fourth-order valence-electron chi connectivity index (χ4n) is 3.36. The molecule has 0 aromatic heterocycles. The van der Waals surface area contributed by atoms with Crippen molar-refractivity contribution in [3.05, 3.63) is 41.3 Å².